The van der Waals surface area contributed by atoms with E-state index in [9.17, 15) is 19.6 Å². The van der Waals surface area contributed by atoms with Gasteiger partial charge in [-0.2, -0.15) is 5.26 Å². The van der Waals surface area contributed by atoms with Crippen molar-refractivity contribution in [3.8, 4) is 17.6 Å². The van der Waals surface area contributed by atoms with E-state index in [1.54, 1.807) is 48.5 Å². The molecule has 200 valence electrons. The Morgan fingerprint density at radius 2 is 1.73 bits per heavy atom. The number of benzene rings is 3. The topological polar surface area (TPSA) is 144 Å². The highest BCUT2D eigenvalue weighted by atomic mass is 35.5. The van der Waals surface area contributed by atoms with Crippen molar-refractivity contribution in [2.75, 3.05) is 24.4 Å². The number of allylic oxidation sites excluding steroid dienone is 1. The van der Waals surface area contributed by atoms with Crippen molar-refractivity contribution in [2.24, 2.45) is 5.73 Å². The smallest absolute Gasteiger partial charge is 0.355 e. The second kappa shape index (κ2) is 10.5. The average molecular weight is 557 g/mol. The lowest BCUT2D eigenvalue weighted by atomic mass is 9.81. The van der Waals surface area contributed by atoms with Crippen molar-refractivity contribution in [2.45, 2.75) is 5.92 Å². The molecule has 40 heavy (non-hydrogen) atoms. The molecule has 0 spiro atoms. The van der Waals surface area contributed by atoms with Gasteiger partial charge in [0.2, 0.25) is 0 Å². The van der Waals surface area contributed by atoms with Crippen LogP contribution in [-0.2, 0) is 19.1 Å². The van der Waals surface area contributed by atoms with E-state index in [0.29, 0.717) is 22.0 Å². The average Bonchev–Trinajstić information content (AvgIpc) is 3.10. The number of ether oxygens (including phenoxy) is 3. The number of amides is 1. The molecule has 1 amide bonds. The van der Waals surface area contributed by atoms with Crippen LogP contribution in [0.4, 0.5) is 11.4 Å². The Hall–Kier alpha value is -5.27. The molecule has 0 aliphatic carbocycles. The molecule has 0 saturated heterocycles. The van der Waals surface area contributed by atoms with Gasteiger partial charge >= 0.3 is 11.9 Å². The lowest BCUT2D eigenvalue weighted by Crippen LogP contribution is -2.40. The first-order valence-corrected chi connectivity index (χ1v) is 12.2. The predicted molar refractivity (Wildman–Crippen MR) is 145 cm³/mol. The van der Waals surface area contributed by atoms with Crippen molar-refractivity contribution in [3.05, 3.63) is 106 Å². The van der Waals surface area contributed by atoms with Gasteiger partial charge in [0.05, 0.1) is 48.6 Å². The van der Waals surface area contributed by atoms with E-state index in [1.807, 2.05) is 0 Å². The van der Waals surface area contributed by atoms with E-state index in [0.717, 1.165) is 7.11 Å². The first-order valence-electron chi connectivity index (χ1n) is 11.9. The van der Waals surface area contributed by atoms with Gasteiger partial charge in [-0.05, 0) is 42.0 Å². The molecule has 0 bridgehead atoms. The van der Waals surface area contributed by atoms with E-state index in [1.165, 1.54) is 30.2 Å². The number of nitriles is 1. The highest BCUT2D eigenvalue weighted by Gasteiger charge is 2.43. The van der Waals surface area contributed by atoms with Crippen LogP contribution in [0.1, 0.15) is 21.8 Å². The van der Waals surface area contributed by atoms with Gasteiger partial charge < -0.3 is 25.3 Å². The molecule has 3 aromatic carbocycles. The molecule has 2 aliphatic heterocycles. The minimum absolute atomic E-state index is 0.00283. The summed E-state index contributed by atoms with van der Waals surface area (Å²) in [6.45, 7) is 0. The van der Waals surface area contributed by atoms with Gasteiger partial charge in [0.25, 0.3) is 5.91 Å². The second-order valence-corrected chi connectivity index (χ2v) is 9.15. The van der Waals surface area contributed by atoms with E-state index in [4.69, 9.17) is 31.5 Å². The third kappa shape index (κ3) is 4.38. The van der Waals surface area contributed by atoms with Crippen molar-refractivity contribution in [1.82, 2.24) is 0 Å². The maximum atomic E-state index is 13.3. The van der Waals surface area contributed by atoms with E-state index in [2.05, 4.69) is 11.4 Å². The lowest BCUT2D eigenvalue weighted by Gasteiger charge is -2.36. The number of carbonyl (C=O) groups is 3. The predicted octanol–water partition coefficient (Wildman–Crippen LogP) is 4.60. The molecule has 5 rings (SSSR count). The van der Waals surface area contributed by atoms with Crippen LogP contribution in [-0.4, -0.2) is 32.1 Å². The highest BCUT2D eigenvalue weighted by Crippen LogP contribution is 2.45. The van der Waals surface area contributed by atoms with Crippen LogP contribution in [0, 0.1) is 11.3 Å². The fourth-order valence-corrected chi connectivity index (χ4v) is 4.87. The van der Waals surface area contributed by atoms with Crippen LogP contribution in [0.5, 0.6) is 11.5 Å². The number of rotatable bonds is 4. The zero-order chi connectivity index (χ0) is 28.6. The van der Waals surface area contributed by atoms with Gasteiger partial charge in [-0.3, -0.25) is 9.69 Å². The maximum Gasteiger partial charge on any atom is 0.355 e. The van der Waals surface area contributed by atoms with Gasteiger partial charge in [-0.15, -0.1) is 0 Å². The highest BCUT2D eigenvalue weighted by molar-refractivity contribution is 6.31. The maximum absolute atomic E-state index is 13.3. The third-order valence-corrected chi connectivity index (χ3v) is 6.72. The summed E-state index contributed by atoms with van der Waals surface area (Å²) in [5.74, 6) is -2.83. The Morgan fingerprint density at radius 3 is 2.40 bits per heavy atom. The Bertz CT molecular complexity index is 1680. The number of nitrogens with two attached hydrogens (primary N) is 1. The van der Waals surface area contributed by atoms with E-state index in [-0.39, 0.29) is 39.7 Å². The SMILES string of the molecule is COC(=O)C1=C(C(=O)OC)N(c2ccc3c(c2)C(=O)Nc2cc(Cl)ccc2O3)C(N)=C(C#N)C1c1ccccc1. The number of esters is 2. The third-order valence-electron chi connectivity index (χ3n) is 6.49. The summed E-state index contributed by atoms with van der Waals surface area (Å²) in [4.78, 5) is 40.9. The molecule has 11 heteroatoms. The summed E-state index contributed by atoms with van der Waals surface area (Å²) in [7, 11) is 2.32. The fourth-order valence-electron chi connectivity index (χ4n) is 4.70. The first kappa shape index (κ1) is 26.3. The summed E-state index contributed by atoms with van der Waals surface area (Å²) in [6, 6.07) is 20.0. The number of halogens is 1. The number of fused-ring (bicyclic) bond motifs is 2. The van der Waals surface area contributed by atoms with Crippen LogP contribution >= 0.6 is 11.6 Å². The van der Waals surface area contributed by atoms with Crippen LogP contribution in [0.25, 0.3) is 0 Å². The zero-order valence-electron chi connectivity index (χ0n) is 21.2. The molecule has 1 unspecified atom stereocenters. The summed E-state index contributed by atoms with van der Waals surface area (Å²) in [5.41, 5.74) is 7.34. The summed E-state index contributed by atoms with van der Waals surface area (Å²) in [5, 5.41) is 13.4. The number of nitrogens with one attached hydrogen (secondary N) is 1. The number of carbonyl (C=O) groups excluding carboxylic acids is 3. The number of hydrogen-bond donors (Lipinski definition) is 2. The van der Waals surface area contributed by atoms with Crippen LogP contribution in [0.15, 0.2) is 89.4 Å². The van der Waals surface area contributed by atoms with Gasteiger partial charge in [0.1, 0.15) is 17.3 Å². The molecule has 3 N–H and O–H groups in total. The van der Waals surface area contributed by atoms with Gasteiger partial charge in [-0.1, -0.05) is 41.9 Å². The van der Waals surface area contributed by atoms with Gasteiger partial charge in [0, 0.05) is 10.7 Å². The molecule has 10 nitrogen and oxygen atoms in total. The molecule has 1 atom stereocenters. The van der Waals surface area contributed by atoms with Crippen molar-refractivity contribution in [3.63, 3.8) is 0 Å². The van der Waals surface area contributed by atoms with Crippen molar-refractivity contribution < 1.29 is 28.6 Å². The molecule has 0 radical (unpaired) electrons. The summed E-state index contributed by atoms with van der Waals surface area (Å²) in [6.07, 6.45) is 0. The minimum atomic E-state index is -1.02. The number of anilines is 2. The molecule has 0 aromatic heterocycles. The number of nitrogens with zero attached hydrogens (tertiary/aromatic N) is 2. The van der Waals surface area contributed by atoms with Crippen LogP contribution in [0.2, 0.25) is 5.02 Å². The first-order chi connectivity index (χ1) is 19.3. The molecule has 0 saturated carbocycles. The summed E-state index contributed by atoms with van der Waals surface area (Å²) >= 11 is 6.08. The Morgan fingerprint density at radius 1 is 1.02 bits per heavy atom. The molecule has 2 aliphatic rings. The lowest BCUT2D eigenvalue weighted by molar-refractivity contribution is -0.139. The van der Waals surface area contributed by atoms with Gasteiger partial charge in [-0.25, -0.2) is 9.59 Å². The van der Waals surface area contributed by atoms with E-state index < -0.39 is 23.8 Å². The normalized spacial score (nSPS) is 16.1. The van der Waals surface area contributed by atoms with Crippen LogP contribution in [0.3, 0.4) is 0 Å². The molecule has 2 heterocycles. The molecule has 0 fully saturated rings. The molecule has 3 aromatic rings. The second-order valence-electron chi connectivity index (χ2n) is 8.71. The molecular weight excluding hydrogens is 536 g/mol. The molecular formula is C29H21ClN4O6. The Kier molecular flexibility index (Phi) is 6.90. The standard InChI is InChI=1S/C29H21ClN4O6/c1-38-28(36)24-23(15-6-4-3-5-7-15)19(14-31)26(32)34(25(24)29(37)39-2)17-9-11-21-18(13-17)27(35)33-20-12-16(30)8-10-22(20)40-21/h3-13,23H,32H2,1-2H3,(H,33,35). The van der Waals surface area contributed by atoms with Crippen molar-refractivity contribution >= 4 is 40.8 Å². The van der Waals surface area contributed by atoms with Crippen molar-refractivity contribution in [1.29, 1.82) is 5.26 Å². The Labute approximate surface area is 233 Å². The quantitative estimate of drug-likeness (QED) is 0.440. The Balaban J connectivity index is 1.73. The monoisotopic (exact) mass is 556 g/mol. The number of methoxy groups -OCH3 is 2. The van der Waals surface area contributed by atoms with Gasteiger partial charge in [0.15, 0.2) is 5.75 Å². The number of hydrogen-bond acceptors (Lipinski definition) is 9. The minimum Gasteiger partial charge on any atom is -0.466 e. The summed E-state index contributed by atoms with van der Waals surface area (Å²) < 4.78 is 16.1. The van der Waals surface area contributed by atoms with Crippen LogP contribution < -0.4 is 20.7 Å². The zero-order valence-corrected chi connectivity index (χ0v) is 22.0. The largest absolute Gasteiger partial charge is 0.466 e. The van der Waals surface area contributed by atoms with E-state index >= 15 is 0 Å². The fraction of sp³-hybridized carbons (Fsp3) is 0.103.